The predicted molar refractivity (Wildman–Crippen MR) is 102 cm³/mol. The molecule has 0 aliphatic heterocycles. The highest BCUT2D eigenvalue weighted by atomic mass is 16.1. The number of aromatic nitrogens is 4. The molecule has 1 fully saturated rings. The van der Waals surface area contributed by atoms with Crippen LogP contribution in [-0.2, 0) is 18.3 Å². The van der Waals surface area contributed by atoms with E-state index in [1.54, 1.807) is 4.68 Å². The molecule has 1 aliphatic carbocycles. The van der Waals surface area contributed by atoms with Crippen LogP contribution >= 0.6 is 0 Å². The first-order chi connectivity index (χ1) is 12.2. The molecule has 4 rings (SSSR count). The lowest BCUT2D eigenvalue weighted by atomic mass is 10.0. The van der Waals surface area contributed by atoms with Gasteiger partial charge in [0, 0.05) is 42.2 Å². The SMILES string of the molecule is Cn1cc(-c2ccc3cnc(CC(=O)C4C(C)(C)C4(C)C)cc3c2)nn1. The first-order valence-electron chi connectivity index (χ1n) is 8.98. The van der Waals surface area contributed by atoms with Crippen LogP contribution in [0, 0.1) is 16.7 Å². The Morgan fingerprint density at radius 1 is 1.12 bits per heavy atom. The minimum absolute atomic E-state index is 0.0695. The number of ketones is 1. The third kappa shape index (κ3) is 2.54. The van der Waals surface area contributed by atoms with Crippen molar-refractivity contribution in [1.82, 2.24) is 20.0 Å². The fourth-order valence-corrected chi connectivity index (χ4v) is 4.20. The second-order valence-electron chi connectivity index (χ2n) is 8.53. The highest BCUT2D eigenvalue weighted by molar-refractivity contribution is 5.90. The average Bonchev–Trinajstić information content (AvgIpc) is 2.87. The molecule has 0 saturated heterocycles. The van der Waals surface area contributed by atoms with Gasteiger partial charge in [0.1, 0.15) is 11.5 Å². The number of hydrogen-bond acceptors (Lipinski definition) is 4. The number of nitrogens with zero attached hydrogens (tertiary/aromatic N) is 4. The van der Waals surface area contributed by atoms with Crippen LogP contribution in [0.25, 0.3) is 22.0 Å². The van der Waals surface area contributed by atoms with Crippen molar-refractivity contribution >= 4 is 16.6 Å². The van der Waals surface area contributed by atoms with Crippen molar-refractivity contribution in [3.05, 3.63) is 42.4 Å². The van der Waals surface area contributed by atoms with Gasteiger partial charge in [-0.15, -0.1) is 5.10 Å². The number of carbonyl (C=O) groups excluding carboxylic acids is 1. The summed E-state index contributed by atoms with van der Waals surface area (Å²) in [7, 11) is 1.85. The Hall–Kier alpha value is -2.56. The smallest absolute Gasteiger partial charge is 0.143 e. The summed E-state index contributed by atoms with van der Waals surface area (Å²) in [6.45, 7) is 8.71. The van der Waals surface area contributed by atoms with Gasteiger partial charge in [0.05, 0.1) is 6.20 Å². The Morgan fingerprint density at radius 3 is 2.46 bits per heavy atom. The van der Waals surface area contributed by atoms with E-state index >= 15 is 0 Å². The number of Topliss-reactive ketones (excluding diaryl/α,β-unsaturated/α-hetero) is 1. The van der Waals surface area contributed by atoms with Gasteiger partial charge in [-0.25, -0.2) is 0 Å². The molecule has 26 heavy (non-hydrogen) atoms. The van der Waals surface area contributed by atoms with E-state index in [-0.39, 0.29) is 22.5 Å². The van der Waals surface area contributed by atoms with Gasteiger partial charge in [0.15, 0.2) is 0 Å². The Bertz CT molecular complexity index is 1000. The molecule has 0 N–H and O–H groups in total. The number of fused-ring (bicyclic) bond motifs is 1. The molecule has 0 amide bonds. The van der Waals surface area contributed by atoms with Crippen LogP contribution in [0.3, 0.4) is 0 Å². The molecule has 0 bridgehead atoms. The van der Waals surface area contributed by atoms with Crippen molar-refractivity contribution < 1.29 is 4.79 Å². The maximum Gasteiger partial charge on any atom is 0.143 e. The molecule has 134 valence electrons. The molecular formula is C21H24N4O. The van der Waals surface area contributed by atoms with Gasteiger partial charge in [0.2, 0.25) is 0 Å². The lowest BCUT2D eigenvalue weighted by Gasteiger charge is -2.05. The molecule has 0 atom stereocenters. The topological polar surface area (TPSA) is 60.7 Å². The van der Waals surface area contributed by atoms with Gasteiger partial charge >= 0.3 is 0 Å². The van der Waals surface area contributed by atoms with Crippen LogP contribution < -0.4 is 0 Å². The first-order valence-corrected chi connectivity index (χ1v) is 8.98. The lowest BCUT2D eigenvalue weighted by Crippen LogP contribution is -2.11. The van der Waals surface area contributed by atoms with Gasteiger partial charge in [-0.2, -0.15) is 0 Å². The molecule has 0 radical (unpaired) electrons. The maximum absolute atomic E-state index is 12.8. The second kappa shape index (κ2) is 5.47. The van der Waals surface area contributed by atoms with Crippen LogP contribution in [-0.4, -0.2) is 25.8 Å². The van der Waals surface area contributed by atoms with Crippen molar-refractivity contribution in [3.8, 4) is 11.3 Å². The largest absolute Gasteiger partial charge is 0.299 e. The zero-order valence-electron chi connectivity index (χ0n) is 15.9. The molecule has 3 aromatic rings. The van der Waals surface area contributed by atoms with Crippen LogP contribution in [0.15, 0.2) is 36.7 Å². The van der Waals surface area contributed by atoms with Gasteiger partial charge in [-0.05, 0) is 28.3 Å². The number of carbonyl (C=O) groups is 1. The fraction of sp³-hybridized carbons (Fsp3) is 0.429. The maximum atomic E-state index is 12.8. The molecule has 5 heteroatoms. The molecular weight excluding hydrogens is 324 g/mol. The van der Waals surface area contributed by atoms with Crippen LogP contribution in [0.2, 0.25) is 0 Å². The first kappa shape index (κ1) is 16.9. The number of benzene rings is 1. The van der Waals surface area contributed by atoms with E-state index in [2.05, 4.69) is 49.1 Å². The third-order valence-electron chi connectivity index (χ3n) is 6.37. The minimum Gasteiger partial charge on any atom is -0.299 e. The molecule has 1 aromatic carbocycles. The Balaban J connectivity index is 1.62. The standard InChI is InChI=1S/C21H24N4O/c1-20(2)19(21(20,3)4)18(26)10-16-9-15-8-13(6-7-14(15)11-22-16)17-12-25(5)24-23-17/h6-9,11-12,19H,10H2,1-5H3. The van der Waals surface area contributed by atoms with Crippen molar-refractivity contribution in [2.45, 2.75) is 34.1 Å². The van der Waals surface area contributed by atoms with Crippen LogP contribution in [0.1, 0.15) is 33.4 Å². The molecule has 0 unspecified atom stereocenters. The van der Waals surface area contributed by atoms with Gasteiger partial charge in [0.25, 0.3) is 0 Å². The molecule has 5 nitrogen and oxygen atoms in total. The van der Waals surface area contributed by atoms with Gasteiger partial charge in [-0.1, -0.05) is 45.0 Å². The molecule has 1 aliphatic rings. The predicted octanol–water partition coefficient (Wildman–Crippen LogP) is 3.82. The van der Waals surface area contributed by atoms with Gasteiger partial charge in [-0.3, -0.25) is 14.5 Å². The average molecular weight is 348 g/mol. The highest BCUT2D eigenvalue weighted by Gasteiger charge is 2.67. The summed E-state index contributed by atoms with van der Waals surface area (Å²) in [5.74, 6) is 0.398. The Labute approximate surface area is 153 Å². The van der Waals surface area contributed by atoms with Crippen molar-refractivity contribution in [1.29, 1.82) is 0 Å². The number of pyridine rings is 1. The summed E-state index contributed by atoms with van der Waals surface area (Å²) in [5, 5.41) is 10.3. The normalized spacial score (nSPS) is 18.2. The number of hydrogen-bond donors (Lipinski definition) is 0. The summed E-state index contributed by atoms with van der Waals surface area (Å²) in [6, 6.07) is 8.16. The van der Waals surface area contributed by atoms with E-state index in [9.17, 15) is 4.79 Å². The monoisotopic (exact) mass is 348 g/mol. The summed E-state index contributed by atoms with van der Waals surface area (Å²) < 4.78 is 1.69. The lowest BCUT2D eigenvalue weighted by molar-refractivity contribution is -0.120. The third-order valence-corrected chi connectivity index (χ3v) is 6.37. The molecule has 2 aromatic heterocycles. The minimum atomic E-state index is 0.0695. The van der Waals surface area contributed by atoms with E-state index < -0.39 is 0 Å². The molecule has 0 spiro atoms. The Kier molecular flexibility index (Phi) is 3.55. The van der Waals surface area contributed by atoms with E-state index in [1.165, 1.54) is 0 Å². The van der Waals surface area contributed by atoms with Crippen LogP contribution in [0.4, 0.5) is 0 Å². The van der Waals surface area contributed by atoms with E-state index in [0.717, 1.165) is 27.7 Å². The fourth-order valence-electron chi connectivity index (χ4n) is 4.20. The number of rotatable bonds is 4. The molecule has 1 saturated carbocycles. The number of aryl methyl sites for hydroxylation is 1. The van der Waals surface area contributed by atoms with E-state index in [4.69, 9.17) is 0 Å². The summed E-state index contributed by atoms with van der Waals surface area (Å²) in [4.78, 5) is 17.3. The zero-order valence-corrected chi connectivity index (χ0v) is 15.9. The summed E-state index contributed by atoms with van der Waals surface area (Å²) in [5.41, 5.74) is 2.82. The summed E-state index contributed by atoms with van der Waals surface area (Å²) >= 11 is 0. The molecule has 2 heterocycles. The van der Waals surface area contributed by atoms with Crippen molar-refractivity contribution in [2.24, 2.45) is 23.8 Å². The van der Waals surface area contributed by atoms with E-state index in [1.807, 2.05) is 37.6 Å². The highest BCUT2D eigenvalue weighted by Crippen LogP contribution is 2.68. The van der Waals surface area contributed by atoms with Crippen molar-refractivity contribution in [3.63, 3.8) is 0 Å². The van der Waals surface area contributed by atoms with E-state index in [0.29, 0.717) is 6.42 Å². The van der Waals surface area contributed by atoms with Crippen LogP contribution in [0.5, 0.6) is 0 Å². The van der Waals surface area contributed by atoms with Gasteiger partial charge < -0.3 is 0 Å². The quantitative estimate of drug-likeness (QED) is 0.719. The second-order valence-corrected chi connectivity index (χ2v) is 8.53. The summed E-state index contributed by atoms with van der Waals surface area (Å²) in [6.07, 6.45) is 4.13. The van der Waals surface area contributed by atoms with Crippen molar-refractivity contribution in [2.75, 3.05) is 0 Å². The zero-order chi connectivity index (χ0) is 18.7. The Morgan fingerprint density at radius 2 is 1.85 bits per heavy atom.